The van der Waals surface area contributed by atoms with Crippen molar-refractivity contribution in [2.75, 3.05) is 6.61 Å². The summed E-state index contributed by atoms with van der Waals surface area (Å²) in [6.45, 7) is 1.62. The number of ether oxygens (including phenoxy) is 4. The first-order valence-corrected chi connectivity index (χ1v) is 10.7. The molecule has 0 spiro atoms. The van der Waals surface area contributed by atoms with Gasteiger partial charge in [-0.1, -0.05) is 66.7 Å². The molecule has 0 aliphatic carbocycles. The van der Waals surface area contributed by atoms with Crippen LogP contribution in [0.2, 0.25) is 0 Å². The molecule has 0 aromatic heterocycles. The number of aliphatic hydroxyl groups excluding tert-OH is 1. The molecule has 166 valence electrons. The molecule has 6 atom stereocenters. The Morgan fingerprint density at radius 3 is 2.56 bits per heavy atom. The van der Waals surface area contributed by atoms with Crippen molar-refractivity contribution in [3.05, 3.63) is 78.4 Å². The first-order chi connectivity index (χ1) is 15.6. The first kappa shape index (κ1) is 20.9. The van der Waals surface area contributed by atoms with Gasteiger partial charge in [0.1, 0.15) is 30.1 Å². The number of fused-ring (bicyclic) bond motifs is 2. The van der Waals surface area contributed by atoms with Crippen molar-refractivity contribution < 1.29 is 28.8 Å². The van der Waals surface area contributed by atoms with Crippen LogP contribution < -0.4 is 10.1 Å². The standard InChI is InChI=1S/C25H25NO6/c1-15(27)26-21-22(28)23-20(14-29-24(32-23)17-9-3-2-4-10-17)31-25(21)30-19-13-7-11-16-8-5-6-12-18(16)19/h2-13,20-25,28H,14H2,1H3,(H,26,27)/t20-,21+,22+,23+,24+,25+/m1/s1. The van der Waals surface area contributed by atoms with Gasteiger partial charge >= 0.3 is 0 Å². The van der Waals surface area contributed by atoms with E-state index in [-0.39, 0.29) is 12.5 Å². The van der Waals surface area contributed by atoms with Crippen molar-refractivity contribution in [2.45, 2.75) is 43.9 Å². The van der Waals surface area contributed by atoms with Gasteiger partial charge in [-0.3, -0.25) is 4.79 Å². The van der Waals surface area contributed by atoms with E-state index in [9.17, 15) is 9.90 Å². The van der Waals surface area contributed by atoms with E-state index >= 15 is 0 Å². The summed E-state index contributed by atoms with van der Waals surface area (Å²) in [6.07, 6.45) is -3.81. The highest BCUT2D eigenvalue weighted by Crippen LogP contribution is 2.36. The van der Waals surface area contributed by atoms with Crippen molar-refractivity contribution in [1.82, 2.24) is 5.32 Å². The maximum Gasteiger partial charge on any atom is 0.223 e. The number of amides is 1. The van der Waals surface area contributed by atoms with Crippen LogP contribution in [0.5, 0.6) is 5.75 Å². The van der Waals surface area contributed by atoms with Crippen molar-refractivity contribution >= 4 is 16.7 Å². The number of hydrogen-bond acceptors (Lipinski definition) is 6. The molecule has 1 amide bonds. The monoisotopic (exact) mass is 435 g/mol. The van der Waals surface area contributed by atoms with Crippen molar-refractivity contribution in [3.8, 4) is 5.75 Å². The minimum absolute atomic E-state index is 0.226. The lowest BCUT2D eigenvalue weighted by molar-refractivity contribution is -0.333. The lowest BCUT2D eigenvalue weighted by Crippen LogP contribution is -2.67. The highest BCUT2D eigenvalue weighted by molar-refractivity contribution is 5.88. The van der Waals surface area contributed by atoms with Crippen LogP contribution in [0.15, 0.2) is 72.8 Å². The Labute approximate surface area is 185 Å². The molecule has 7 nitrogen and oxygen atoms in total. The quantitative estimate of drug-likeness (QED) is 0.656. The molecule has 0 unspecified atom stereocenters. The van der Waals surface area contributed by atoms with E-state index in [4.69, 9.17) is 18.9 Å². The minimum Gasteiger partial charge on any atom is -0.462 e. The van der Waals surface area contributed by atoms with Gasteiger partial charge < -0.3 is 29.4 Å². The average Bonchev–Trinajstić information content (AvgIpc) is 2.82. The van der Waals surface area contributed by atoms with Crippen LogP contribution in [-0.2, 0) is 19.0 Å². The predicted octanol–water partition coefficient (Wildman–Crippen LogP) is 2.92. The fourth-order valence-corrected chi connectivity index (χ4v) is 4.28. The molecule has 2 aliphatic heterocycles. The van der Waals surface area contributed by atoms with Crippen LogP contribution in [0, 0.1) is 0 Å². The minimum atomic E-state index is -1.05. The van der Waals surface area contributed by atoms with E-state index < -0.39 is 36.9 Å². The fraction of sp³-hybridized carbons (Fsp3) is 0.320. The smallest absolute Gasteiger partial charge is 0.223 e. The van der Waals surface area contributed by atoms with Crippen LogP contribution in [0.1, 0.15) is 18.8 Å². The van der Waals surface area contributed by atoms with Gasteiger partial charge in [-0.2, -0.15) is 0 Å². The number of hydrogen-bond donors (Lipinski definition) is 2. The second kappa shape index (κ2) is 8.88. The number of carbonyl (C=O) groups is 1. The predicted molar refractivity (Wildman–Crippen MR) is 117 cm³/mol. The molecule has 0 saturated carbocycles. The summed E-state index contributed by atoms with van der Waals surface area (Å²) in [5.41, 5.74) is 0.850. The molecular formula is C25H25NO6. The second-order valence-corrected chi connectivity index (χ2v) is 8.03. The first-order valence-electron chi connectivity index (χ1n) is 10.7. The Hall–Kier alpha value is -2.97. The molecule has 7 heteroatoms. The van der Waals surface area contributed by atoms with E-state index in [1.807, 2.05) is 72.8 Å². The molecule has 2 fully saturated rings. The Kier molecular flexibility index (Phi) is 5.80. The van der Waals surface area contributed by atoms with E-state index in [1.54, 1.807) is 0 Å². The molecule has 5 rings (SSSR count). The average molecular weight is 435 g/mol. The van der Waals surface area contributed by atoms with Gasteiger partial charge in [0.2, 0.25) is 12.2 Å². The topological polar surface area (TPSA) is 86.3 Å². The molecule has 2 N–H and O–H groups in total. The molecule has 3 aromatic rings. The molecule has 2 aliphatic rings. The second-order valence-electron chi connectivity index (χ2n) is 8.03. The van der Waals surface area contributed by atoms with Gasteiger partial charge in [0, 0.05) is 17.9 Å². The normalized spacial score (nSPS) is 29.8. The SMILES string of the molecule is CC(=O)N[C@@H]1[C@@H](Oc2cccc3ccccc23)O[C@@H]2CO[C@H](c3ccccc3)O[C@@H]2[C@H]1O. The molecular weight excluding hydrogens is 410 g/mol. The summed E-state index contributed by atoms with van der Waals surface area (Å²) in [6, 6.07) is 22.3. The van der Waals surface area contributed by atoms with Crippen LogP contribution in [-0.4, -0.2) is 48.3 Å². The van der Waals surface area contributed by atoms with E-state index in [2.05, 4.69) is 5.32 Å². The van der Waals surface area contributed by atoms with Gasteiger partial charge in [-0.15, -0.1) is 0 Å². The van der Waals surface area contributed by atoms with Gasteiger partial charge in [0.15, 0.2) is 6.29 Å². The highest BCUT2D eigenvalue weighted by atomic mass is 16.7. The number of aliphatic hydroxyl groups is 1. The summed E-state index contributed by atoms with van der Waals surface area (Å²) in [4.78, 5) is 11.9. The van der Waals surface area contributed by atoms with Crippen LogP contribution in [0.3, 0.4) is 0 Å². The number of carbonyl (C=O) groups excluding carboxylic acids is 1. The zero-order chi connectivity index (χ0) is 22.1. The van der Waals surface area contributed by atoms with Gasteiger partial charge in [0.25, 0.3) is 0 Å². The molecule has 0 radical (unpaired) electrons. The van der Waals surface area contributed by atoms with Crippen LogP contribution >= 0.6 is 0 Å². The van der Waals surface area contributed by atoms with Crippen molar-refractivity contribution in [1.29, 1.82) is 0 Å². The lowest BCUT2D eigenvalue weighted by Gasteiger charge is -2.47. The third-order valence-corrected chi connectivity index (χ3v) is 5.80. The Bertz CT molecular complexity index is 1080. The van der Waals surface area contributed by atoms with Crippen molar-refractivity contribution in [2.24, 2.45) is 0 Å². The summed E-state index contributed by atoms with van der Waals surface area (Å²) in [7, 11) is 0. The van der Waals surface area contributed by atoms with Crippen molar-refractivity contribution in [3.63, 3.8) is 0 Å². The zero-order valence-electron chi connectivity index (χ0n) is 17.6. The largest absolute Gasteiger partial charge is 0.462 e. The summed E-state index contributed by atoms with van der Waals surface area (Å²) in [5, 5.41) is 15.9. The number of benzene rings is 3. The highest BCUT2D eigenvalue weighted by Gasteiger charge is 2.50. The van der Waals surface area contributed by atoms with Gasteiger partial charge in [-0.05, 0) is 11.5 Å². The van der Waals surface area contributed by atoms with Gasteiger partial charge in [0.05, 0.1) is 6.61 Å². The van der Waals surface area contributed by atoms with Gasteiger partial charge in [-0.25, -0.2) is 0 Å². The molecule has 3 aromatic carbocycles. The molecule has 2 heterocycles. The maximum atomic E-state index is 11.9. The Morgan fingerprint density at radius 2 is 1.75 bits per heavy atom. The summed E-state index contributed by atoms with van der Waals surface area (Å²) >= 11 is 0. The van der Waals surface area contributed by atoms with E-state index in [1.165, 1.54) is 6.92 Å². The van der Waals surface area contributed by atoms with Crippen LogP contribution in [0.4, 0.5) is 0 Å². The third-order valence-electron chi connectivity index (χ3n) is 5.80. The maximum absolute atomic E-state index is 11.9. The third kappa shape index (κ3) is 4.08. The van der Waals surface area contributed by atoms with Crippen LogP contribution in [0.25, 0.3) is 10.8 Å². The Morgan fingerprint density at radius 1 is 1.00 bits per heavy atom. The molecule has 32 heavy (non-hydrogen) atoms. The fourth-order valence-electron chi connectivity index (χ4n) is 4.28. The number of rotatable bonds is 4. The number of nitrogens with one attached hydrogen (secondary N) is 1. The molecule has 0 bridgehead atoms. The molecule has 2 saturated heterocycles. The Balaban J connectivity index is 1.40. The van der Waals surface area contributed by atoms with E-state index in [0.717, 1.165) is 16.3 Å². The summed E-state index contributed by atoms with van der Waals surface area (Å²) < 4.78 is 24.3. The lowest BCUT2D eigenvalue weighted by atomic mass is 9.95. The zero-order valence-corrected chi connectivity index (χ0v) is 17.6. The summed E-state index contributed by atoms with van der Waals surface area (Å²) in [5.74, 6) is 0.309. The van der Waals surface area contributed by atoms with E-state index in [0.29, 0.717) is 5.75 Å².